The number of rotatable bonds is 8. The highest BCUT2D eigenvalue weighted by Crippen LogP contribution is 2.17. The second kappa shape index (κ2) is 8.49. The van der Waals surface area contributed by atoms with Crippen molar-refractivity contribution in [3.05, 3.63) is 11.7 Å². The summed E-state index contributed by atoms with van der Waals surface area (Å²) in [4.78, 5) is 6.92. The zero-order valence-corrected chi connectivity index (χ0v) is 13.8. The first-order chi connectivity index (χ1) is 10.2. The van der Waals surface area contributed by atoms with Gasteiger partial charge < -0.3 is 9.84 Å². The summed E-state index contributed by atoms with van der Waals surface area (Å²) in [5, 5.41) is 7.62. The lowest BCUT2D eigenvalue weighted by Gasteiger charge is -2.32. The molecule has 1 aliphatic rings. The van der Waals surface area contributed by atoms with Crippen molar-refractivity contribution in [2.45, 2.75) is 53.0 Å². The Labute approximate surface area is 128 Å². The van der Waals surface area contributed by atoms with Crippen molar-refractivity contribution in [3.8, 4) is 0 Å². The Morgan fingerprint density at radius 2 is 2.29 bits per heavy atom. The molecule has 0 radical (unpaired) electrons. The van der Waals surface area contributed by atoms with Crippen LogP contribution in [-0.2, 0) is 13.0 Å². The van der Waals surface area contributed by atoms with Crippen LogP contribution in [0.5, 0.6) is 0 Å². The summed E-state index contributed by atoms with van der Waals surface area (Å²) in [6.45, 7) is 12.0. The van der Waals surface area contributed by atoms with Crippen molar-refractivity contribution >= 4 is 0 Å². The van der Waals surface area contributed by atoms with Gasteiger partial charge in [0.15, 0.2) is 5.82 Å². The number of aryl methyl sites for hydroxylation is 1. The number of nitrogens with one attached hydrogen (secondary N) is 1. The Morgan fingerprint density at radius 1 is 1.43 bits per heavy atom. The molecule has 0 spiro atoms. The van der Waals surface area contributed by atoms with Gasteiger partial charge >= 0.3 is 0 Å². The lowest BCUT2D eigenvalue weighted by molar-refractivity contribution is 0.148. The minimum absolute atomic E-state index is 0.722. The first-order valence-electron chi connectivity index (χ1n) is 8.42. The minimum Gasteiger partial charge on any atom is -0.338 e. The number of nitrogens with zero attached hydrogens (tertiary/aromatic N) is 3. The van der Waals surface area contributed by atoms with E-state index in [1.807, 2.05) is 0 Å². The highest BCUT2D eigenvalue weighted by Gasteiger charge is 2.21. The molecule has 1 aromatic rings. The predicted octanol–water partition coefficient (Wildman–Crippen LogP) is 2.48. The monoisotopic (exact) mass is 294 g/mol. The lowest BCUT2D eigenvalue weighted by Crippen LogP contribution is -2.39. The van der Waals surface area contributed by atoms with Crippen molar-refractivity contribution in [2.24, 2.45) is 11.8 Å². The van der Waals surface area contributed by atoms with Gasteiger partial charge in [-0.05, 0) is 50.7 Å². The van der Waals surface area contributed by atoms with Crippen molar-refractivity contribution in [1.82, 2.24) is 20.4 Å². The normalized spacial score (nSPS) is 20.3. The van der Waals surface area contributed by atoms with E-state index >= 15 is 0 Å². The van der Waals surface area contributed by atoms with Crippen LogP contribution in [0.3, 0.4) is 0 Å². The van der Waals surface area contributed by atoms with E-state index in [1.165, 1.54) is 12.8 Å². The van der Waals surface area contributed by atoms with Crippen LogP contribution < -0.4 is 5.32 Å². The number of hydrogen-bond donors (Lipinski definition) is 1. The number of piperidine rings is 1. The second-order valence-electron chi connectivity index (χ2n) is 6.65. The topological polar surface area (TPSA) is 54.2 Å². The number of hydrogen-bond acceptors (Lipinski definition) is 5. The van der Waals surface area contributed by atoms with Gasteiger partial charge in [-0.2, -0.15) is 4.98 Å². The summed E-state index contributed by atoms with van der Waals surface area (Å²) < 4.78 is 5.35. The van der Waals surface area contributed by atoms with Crippen molar-refractivity contribution < 1.29 is 4.52 Å². The fourth-order valence-corrected chi connectivity index (χ4v) is 2.91. The van der Waals surface area contributed by atoms with Crippen LogP contribution in [0.4, 0.5) is 0 Å². The van der Waals surface area contributed by atoms with Gasteiger partial charge in [0.25, 0.3) is 0 Å². The average molecular weight is 294 g/mol. The van der Waals surface area contributed by atoms with Gasteiger partial charge in [-0.3, -0.25) is 4.90 Å². The first kappa shape index (κ1) is 16.4. The van der Waals surface area contributed by atoms with Crippen molar-refractivity contribution in [3.63, 3.8) is 0 Å². The van der Waals surface area contributed by atoms with Crippen LogP contribution in [0.2, 0.25) is 0 Å². The Hall–Kier alpha value is -0.940. The third-order valence-electron chi connectivity index (χ3n) is 3.93. The Bertz CT molecular complexity index is 405. The van der Waals surface area contributed by atoms with E-state index in [0.29, 0.717) is 0 Å². The maximum Gasteiger partial charge on any atom is 0.240 e. The molecule has 1 aromatic heterocycles. The van der Waals surface area contributed by atoms with E-state index in [0.717, 1.165) is 69.1 Å². The molecule has 2 heterocycles. The van der Waals surface area contributed by atoms with E-state index in [1.54, 1.807) is 0 Å². The molecule has 5 heteroatoms. The maximum absolute atomic E-state index is 5.35. The molecule has 1 N–H and O–H groups in total. The van der Waals surface area contributed by atoms with Crippen LogP contribution in [-0.4, -0.2) is 41.2 Å². The first-order valence-corrected chi connectivity index (χ1v) is 8.42. The SMILES string of the molecule is CCCc1noc(CN2CCCC(CNCC(C)C)C2)n1. The van der Waals surface area contributed by atoms with Gasteiger partial charge in [-0.1, -0.05) is 25.9 Å². The van der Waals surface area contributed by atoms with Crippen LogP contribution >= 0.6 is 0 Å². The molecule has 1 saturated heterocycles. The maximum atomic E-state index is 5.35. The molecule has 2 rings (SSSR count). The third kappa shape index (κ3) is 5.75. The van der Waals surface area contributed by atoms with Gasteiger partial charge in [-0.15, -0.1) is 0 Å². The van der Waals surface area contributed by atoms with Gasteiger partial charge in [0.2, 0.25) is 5.89 Å². The molecule has 120 valence electrons. The van der Waals surface area contributed by atoms with Crippen LogP contribution in [0.1, 0.15) is 51.7 Å². The summed E-state index contributed by atoms with van der Waals surface area (Å²) in [6, 6.07) is 0. The fourth-order valence-electron chi connectivity index (χ4n) is 2.91. The van der Waals surface area contributed by atoms with E-state index in [4.69, 9.17) is 4.52 Å². The molecular formula is C16H30N4O. The number of aromatic nitrogens is 2. The lowest BCUT2D eigenvalue weighted by atomic mass is 9.98. The third-order valence-corrected chi connectivity index (χ3v) is 3.93. The Kier molecular flexibility index (Phi) is 6.64. The van der Waals surface area contributed by atoms with E-state index in [9.17, 15) is 0 Å². The molecular weight excluding hydrogens is 264 g/mol. The van der Waals surface area contributed by atoms with E-state index in [2.05, 4.69) is 41.1 Å². The minimum atomic E-state index is 0.722. The van der Waals surface area contributed by atoms with Crippen molar-refractivity contribution in [1.29, 1.82) is 0 Å². The van der Waals surface area contributed by atoms with Gasteiger partial charge in [0.05, 0.1) is 6.54 Å². The van der Waals surface area contributed by atoms with Crippen molar-refractivity contribution in [2.75, 3.05) is 26.2 Å². The van der Waals surface area contributed by atoms with Gasteiger partial charge in [0.1, 0.15) is 0 Å². The molecule has 5 nitrogen and oxygen atoms in total. The molecule has 1 atom stereocenters. The average Bonchev–Trinajstić information content (AvgIpc) is 2.86. The highest BCUT2D eigenvalue weighted by molar-refractivity contribution is 4.87. The zero-order chi connectivity index (χ0) is 15.1. The summed E-state index contributed by atoms with van der Waals surface area (Å²) in [7, 11) is 0. The quantitative estimate of drug-likeness (QED) is 0.798. The molecule has 21 heavy (non-hydrogen) atoms. The Balaban J connectivity index is 1.75. The molecule has 1 aliphatic heterocycles. The Morgan fingerprint density at radius 3 is 3.05 bits per heavy atom. The summed E-state index contributed by atoms with van der Waals surface area (Å²) >= 11 is 0. The van der Waals surface area contributed by atoms with E-state index < -0.39 is 0 Å². The summed E-state index contributed by atoms with van der Waals surface area (Å²) in [5.74, 6) is 3.09. The molecule has 0 amide bonds. The fraction of sp³-hybridized carbons (Fsp3) is 0.875. The molecule has 0 aromatic carbocycles. The van der Waals surface area contributed by atoms with Gasteiger partial charge in [0, 0.05) is 13.0 Å². The smallest absolute Gasteiger partial charge is 0.240 e. The predicted molar refractivity (Wildman–Crippen MR) is 84.0 cm³/mol. The zero-order valence-electron chi connectivity index (χ0n) is 13.8. The number of likely N-dealkylation sites (tertiary alicyclic amines) is 1. The summed E-state index contributed by atoms with van der Waals surface area (Å²) in [6.07, 6.45) is 4.56. The second-order valence-corrected chi connectivity index (χ2v) is 6.65. The molecule has 1 unspecified atom stereocenters. The van der Waals surface area contributed by atoms with Gasteiger partial charge in [-0.25, -0.2) is 0 Å². The van der Waals surface area contributed by atoms with E-state index in [-0.39, 0.29) is 0 Å². The largest absolute Gasteiger partial charge is 0.338 e. The standard InChI is InChI=1S/C16H30N4O/c1-4-6-15-18-16(21-19-15)12-20-8-5-7-14(11-20)10-17-9-13(2)3/h13-14,17H,4-12H2,1-3H3. The van der Waals surface area contributed by atoms with Crippen LogP contribution in [0.15, 0.2) is 4.52 Å². The molecule has 0 aliphatic carbocycles. The van der Waals surface area contributed by atoms with Crippen LogP contribution in [0, 0.1) is 11.8 Å². The highest BCUT2D eigenvalue weighted by atomic mass is 16.5. The summed E-state index contributed by atoms with van der Waals surface area (Å²) in [5.41, 5.74) is 0. The molecule has 0 bridgehead atoms. The molecule has 1 fully saturated rings. The molecule has 0 saturated carbocycles. The van der Waals surface area contributed by atoms with Crippen LogP contribution in [0.25, 0.3) is 0 Å².